The highest BCUT2D eigenvalue weighted by Crippen LogP contribution is 2.12. The van der Waals surface area contributed by atoms with Crippen molar-refractivity contribution in [2.75, 3.05) is 0 Å². The smallest absolute Gasteiger partial charge is 0.0288 e. The first-order valence-electron chi connectivity index (χ1n) is 7.62. The maximum absolute atomic E-state index is 2.40. The molecule has 0 nitrogen and oxygen atoms in total. The van der Waals surface area contributed by atoms with Crippen LogP contribution < -0.4 is 0 Å². The SMILES string of the molecule is C/C=C/CC/C=C(\C)CC/C=C(\C)CCC=C(C)C. The third-order valence-electron chi connectivity index (χ3n) is 3.18. The second kappa shape index (κ2) is 12.0. The summed E-state index contributed by atoms with van der Waals surface area (Å²) in [4.78, 5) is 0. The molecule has 0 aromatic rings. The molecular weight excluding hydrogens is 228 g/mol. The van der Waals surface area contributed by atoms with Crippen LogP contribution in [-0.4, -0.2) is 0 Å². The Labute approximate surface area is 121 Å². The molecule has 0 amide bonds. The van der Waals surface area contributed by atoms with Gasteiger partial charge in [0.15, 0.2) is 0 Å². The van der Waals surface area contributed by atoms with E-state index >= 15 is 0 Å². The highest BCUT2D eigenvalue weighted by atomic mass is 14.0. The van der Waals surface area contributed by atoms with Crippen LogP contribution >= 0.6 is 0 Å². The van der Waals surface area contributed by atoms with Crippen molar-refractivity contribution >= 4 is 0 Å². The first kappa shape index (κ1) is 18.0. The van der Waals surface area contributed by atoms with Crippen molar-refractivity contribution in [2.24, 2.45) is 0 Å². The van der Waals surface area contributed by atoms with Crippen molar-refractivity contribution in [2.45, 2.75) is 73.1 Å². The van der Waals surface area contributed by atoms with E-state index in [0.29, 0.717) is 0 Å². The van der Waals surface area contributed by atoms with Crippen LogP contribution in [0, 0.1) is 0 Å². The Kier molecular flexibility index (Phi) is 11.4. The molecule has 0 atom stereocenters. The van der Waals surface area contributed by atoms with Crippen LogP contribution in [0.1, 0.15) is 73.1 Å². The molecule has 0 unspecified atom stereocenters. The van der Waals surface area contributed by atoms with Crippen LogP contribution in [-0.2, 0) is 0 Å². The highest BCUT2D eigenvalue weighted by molar-refractivity contribution is 5.05. The van der Waals surface area contributed by atoms with Crippen molar-refractivity contribution in [3.05, 3.63) is 47.1 Å². The monoisotopic (exact) mass is 260 g/mol. The summed E-state index contributed by atoms with van der Waals surface area (Å²) in [7, 11) is 0. The zero-order chi connectivity index (χ0) is 14.5. The van der Waals surface area contributed by atoms with Gasteiger partial charge in [-0.2, -0.15) is 0 Å². The maximum Gasteiger partial charge on any atom is -0.0288 e. The lowest BCUT2D eigenvalue weighted by atomic mass is 10.1. The van der Waals surface area contributed by atoms with Gasteiger partial charge < -0.3 is 0 Å². The van der Waals surface area contributed by atoms with Gasteiger partial charge in [-0.25, -0.2) is 0 Å². The fourth-order valence-electron chi connectivity index (χ4n) is 1.93. The molecule has 0 radical (unpaired) electrons. The van der Waals surface area contributed by atoms with Crippen molar-refractivity contribution in [3.8, 4) is 0 Å². The summed E-state index contributed by atoms with van der Waals surface area (Å²) in [5.41, 5.74) is 4.48. The van der Waals surface area contributed by atoms with Crippen molar-refractivity contribution in [3.63, 3.8) is 0 Å². The van der Waals surface area contributed by atoms with Gasteiger partial charge in [-0.05, 0) is 73.1 Å². The van der Waals surface area contributed by atoms with Gasteiger partial charge in [-0.1, -0.05) is 47.1 Å². The lowest BCUT2D eigenvalue weighted by Crippen LogP contribution is -1.81. The molecule has 0 bridgehead atoms. The van der Waals surface area contributed by atoms with Gasteiger partial charge in [0.2, 0.25) is 0 Å². The van der Waals surface area contributed by atoms with Gasteiger partial charge in [0.05, 0.1) is 0 Å². The van der Waals surface area contributed by atoms with E-state index in [-0.39, 0.29) is 0 Å². The molecular formula is C19H32. The molecule has 0 rings (SSSR count). The molecule has 0 aliphatic carbocycles. The second-order valence-electron chi connectivity index (χ2n) is 5.61. The van der Waals surface area contributed by atoms with Gasteiger partial charge in [-0.3, -0.25) is 0 Å². The van der Waals surface area contributed by atoms with Crippen LogP contribution in [0.2, 0.25) is 0 Å². The Hall–Kier alpha value is -1.04. The average Bonchev–Trinajstić information content (AvgIpc) is 2.34. The first-order chi connectivity index (χ1) is 9.06. The molecule has 0 N–H and O–H groups in total. The number of hydrogen-bond donors (Lipinski definition) is 0. The minimum absolute atomic E-state index is 1.17. The van der Waals surface area contributed by atoms with E-state index in [1.165, 1.54) is 55.2 Å². The van der Waals surface area contributed by atoms with E-state index in [4.69, 9.17) is 0 Å². The van der Waals surface area contributed by atoms with Crippen molar-refractivity contribution in [1.82, 2.24) is 0 Å². The van der Waals surface area contributed by atoms with E-state index < -0.39 is 0 Å². The van der Waals surface area contributed by atoms with E-state index in [1.807, 2.05) is 0 Å². The van der Waals surface area contributed by atoms with Gasteiger partial charge in [0.1, 0.15) is 0 Å². The largest absolute Gasteiger partial charge is 0.0917 e. The minimum Gasteiger partial charge on any atom is -0.0917 e. The summed E-state index contributed by atoms with van der Waals surface area (Å²) in [5, 5.41) is 0. The molecule has 0 fully saturated rings. The van der Waals surface area contributed by atoms with Gasteiger partial charge in [0, 0.05) is 0 Å². The summed E-state index contributed by atoms with van der Waals surface area (Å²) in [5.74, 6) is 0. The van der Waals surface area contributed by atoms with Crippen LogP contribution in [0.5, 0.6) is 0 Å². The molecule has 0 saturated carbocycles. The third-order valence-corrected chi connectivity index (χ3v) is 3.18. The highest BCUT2D eigenvalue weighted by Gasteiger charge is 1.91. The molecule has 0 aliphatic heterocycles. The maximum atomic E-state index is 2.40. The molecule has 0 aromatic heterocycles. The fourth-order valence-corrected chi connectivity index (χ4v) is 1.93. The molecule has 0 aliphatic rings. The van der Waals surface area contributed by atoms with E-state index in [1.54, 1.807) is 0 Å². The number of allylic oxidation sites excluding steroid dienone is 8. The molecule has 108 valence electrons. The fraction of sp³-hybridized carbons (Fsp3) is 0.579. The van der Waals surface area contributed by atoms with Crippen LogP contribution in [0.25, 0.3) is 0 Å². The number of hydrogen-bond acceptors (Lipinski definition) is 0. The Morgan fingerprint density at radius 1 is 0.684 bits per heavy atom. The number of rotatable bonds is 9. The van der Waals surface area contributed by atoms with Gasteiger partial charge in [-0.15, -0.1) is 0 Å². The van der Waals surface area contributed by atoms with Gasteiger partial charge >= 0.3 is 0 Å². The van der Waals surface area contributed by atoms with Crippen molar-refractivity contribution < 1.29 is 0 Å². The lowest BCUT2D eigenvalue weighted by molar-refractivity contribution is 0.907. The summed E-state index contributed by atoms with van der Waals surface area (Å²) in [6.45, 7) is 10.9. The predicted molar refractivity (Wildman–Crippen MR) is 89.5 cm³/mol. The minimum atomic E-state index is 1.17. The van der Waals surface area contributed by atoms with E-state index in [0.717, 1.165) is 0 Å². The third kappa shape index (κ3) is 13.2. The summed E-state index contributed by atoms with van der Waals surface area (Å²) >= 11 is 0. The van der Waals surface area contributed by atoms with Crippen molar-refractivity contribution in [1.29, 1.82) is 0 Å². The summed E-state index contributed by atoms with van der Waals surface area (Å²) < 4.78 is 0. The molecule has 0 spiro atoms. The molecule has 0 heterocycles. The standard InChI is InChI=1S/C19H32/c1-6-7-8-9-13-18(4)15-11-16-19(5)14-10-12-17(2)3/h6-7,12-13,16H,8-11,14-15H2,1-5H3/b7-6+,18-13+,19-16+. The lowest BCUT2D eigenvalue weighted by Gasteiger charge is -2.01. The second-order valence-corrected chi connectivity index (χ2v) is 5.61. The molecule has 19 heavy (non-hydrogen) atoms. The topological polar surface area (TPSA) is 0 Å². The summed E-state index contributed by atoms with van der Waals surface area (Å²) in [6.07, 6.45) is 18.6. The van der Waals surface area contributed by atoms with Crippen LogP contribution in [0.3, 0.4) is 0 Å². The molecule has 0 saturated heterocycles. The normalized spacial score (nSPS) is 13.1. The van der Waals surface area contributed by atoms with Crippen LogP contribution in [0.15, 0.2) is 47.1 Å². The Morgan fingerprint density at radius 3 is 1.74 bits per heavy atom. The van der Waals surface area contributed by atoms with Gasteiger partial charge in [0.25, 0.3) is 0 Å². The average molecular weight is 260 g/mol. The zero-order valence-electron chi connectivity index (χ0n) is 13.6. The summed E-state index contributed by atoms with van der Waals surface area (Å²) in [6, 6.07) is 0. The number of unbranched alkanes of at least 4 members (excludes halogenated alkanes) is 1. The van der Waals surface area contributed by atoms with Crippen LogP contribution in [0.4, 0.5) is 0 Å². The molecule has 0 heteroatoms. The predicted octanol–water partition coefficient (Wildman–Crippen LogP) is 6.76. The van der Waals surface area contributed by atoms with E-state index in [9.17, 15) is 0 Å². The first-order valence-corrected chi connectivity index (χ1v) is 7.62. The van der Waals surface area contributed by atoms with E-state index in [2.05, 4.69) is 65.0 Å². The molecule has 0 aromatic carbocycles. The quantitative estimate of drug-likeness (QED) is 0.317. The zero-order valence-corrected chi connectivity index (χ0v) is 13.6. The Balaban J connectivity index is 3.83. The Morgan fingerprint density at radius 2 is 1.21 bits per heavy atom. The Bertz CT molecular complexity index is 333.